The number of ether oxygens (including phenoxy) is 1. The number of amides is 1. The van der Waals surface area contributed by atoms with Crippen molar-refractivity contribution in [2.24, 2.45) is 0 Å². The molecule has 0 saturated carbocycles. The van der Waals surface area contributed by atoms with E-state index in [9.17, 15) is 4.79 Å². The lowest BCUT2D eigenvalue weighted by Gasteiger charge is -2.09. The number of pyridine rings is 1. The lowest BCUT2D eigenvalue weighted by Crippen LogP contribution is -2.20. The van der Waals surface area contributed by atoms with Crippen molar-refractivity contribution in [3.8, 4) is 5.75 Å². The van der Waals surface area contributed by atoms with E-state index in [1.165, 1.54) is 0 Å². The van der Waals surface area contributed by atoms with Crippen molar-refractivity contribution in [3.63, 3.8) is 0 Å². The summed E-state index contributed by atoms with van der Waals surface area (Å²) in [5.74, 6) is 0.868. The Morgan fingerprint density at radius 3 is 2.36 bits per heavy atom. The van der Waals surface area contributed by atoms with Crippen LogP contribution in [0.3, 0.4) is 0 Å². The van der Waals surface area contributed by atoms with Crippen molar-refractivity contribution < 1.29 is 9.53 Å². The Morgan fingerprint density at radius 1 is 0.960 bits per heavy atom. The number of nitrogens with zero attached hydrogens (tertiary/aromatic N) is 1. The molecule has 1 aromatic heterocycles. The summed E-state index contributed by atoms with van der Waals surface area (Å²) in [5.41, 5.74) is 1.79. The molecule has 0 spiro atoms. The molecule has 0 unspecified atom stereocenters. The quantitative estimate of drug-likeness (QED) is 0.637. The summed E-state index contributed by atoms with van der Waals surface area (Å²) in [6, 6.07) is 20.6. The zero-order chi connectivity index (χ0) is 17.5. The normalized spacial score (nSPS) is 10.1. The molecule has 0 fully saturated rings. The van der Waals surface area contributed by atoms with Crippen molar-refractivity contribution in [2.45, 2.75) is 0 Å². The summed E-state index contributed by atoms with van der Waals surface area (Å²) in [7, 11) is 0. The van der Waals surface area contributed by atoms with Crippen LogP contribution in [0, 0.1) is 0 Å². The third-order valence-electron chi connectivity index (χ3n) is 3.28. The van der Waals surface area contributed by atoms with Crippen LogP contribution in [0.25, 0.3) is 0 Å². The molecule has 1 amide bonds. The smallest absolute Gasteiger partial charge is 0.263 e. The van der Waals surface area contributed by atoms with Gasteiger partial charge in [0.25, 0.3) is 5.91 Å². The monoisotopic (exact) mass is 397 g/mol. The topological polar surface area (TPSA) is 63.2 Å². The van der Waals surface area contributed by atoms with Crippen molar-refractivity contribution in [1.29, 1.82) is 0 Å². The molecule has 3 rings (SSSR count). The van der Waals surface area contributed by atoms with E-state index < -0.39 is 0 Å². The largest absolute Gasteiger partial charge is 0.484 e. The maximum atomic E-state index is 11.9. The predicted octanol–water partition coefficient (Wildman–Crippen LogP) is 4.61. The van der Waals surface area contributed by atoms with Gasteiger partial charge in [-0.15, -0.1) is 0 Å². The molecule has 0 radical (unpaired) electrons. The van der Waals surface area contributed by atoms with Gasteiger partial charge in [-0.3, -0.25) is 4.79 Å². The minimum atomic E-state index is -0.259. The first kappa shape index (κ1) is 17.0. The molecule has 6 heteroatoms. The molecular formula is C19H16BrN3O2. The number of anilines is 3. The Balaban J connectivity index is 1.51. The van der Waals surface area contributed by atoms with Crippen LogP contribution >= 0.6 is 15.9 Å². The first-order chi connectivity index (χ1) is 12.2. The van der Waals surface area contributed by atoms with Gasteiger partial charge in [0.2, 0.25) is 0 Å². The highest BCUT2D eigenvalue weighted by atomic mass is 79.9. The van der Waals surface area contributed by atoms with Gasteiger partial charge in [-0.2, -0.15) is 0 Å². The van der Waals surface area contributed by atoms with E-state index in [2.05, 4.69) is 31.5 Å². The minimum Gasteiger partial charge on any atom is -0.484 e. The number of benzene rings is 2. The van der Waals surface area contributed by atoms with Gasteiger partial charge < -0.3 is 15.4 Å². The van der Waals surface area contributed by atoms with Crippen LogP contribution in [-0.4, -0.2) is 17.5 Å². The van der Waals surface area contributed by atoms with Gasteiger partial charge >= 0.3 is 0 Å². The van der Waals surface area contributed by atoms with Crippen LogP contribution < -0.4 is 15.4 Å². The first-order valence-electron chi connectivity index (χ1n) is 7.65. The molecule has 2 aromatic carbocycles. The van der Waals surface area contributed by atoms with E-state index >= 15 is 0 Å². The fourth-order valence-corrected chi connectivity index (χ4v) is 2.35. The number of hydrogen-bond donors (Lipinski definition) is 2. The Labute approximate surface area is 154 Å². The number of halogens is 1. The molecule has 2 N–H and O–H groups in total. The maximum Gasteiger partial charge on any atom is 0.263 e. The second-order valence-electron chi connectivity index (χ2n) is 5.21. The van der Waals surface area contributed by atoms with Gasteiger partial charge in [0, 0.05) is 10.2 Å². The second-order valence-corrected chi connectivity index (χ2v) is 6.13. The Morgan fingerprint density at radius 2 is 1.68 bits per heavy atom. The molecule has 0 aliphatic heterocycles. The second kappa shape index (κ2) is 8.30. The van der Waals surface area contributed by atoms with Crippen LogP contribution in [-0.2, 0) is 4.79 Å². The zero-order valence-electron chi connectivity index (χ0n) is 13.3. The minimum absolute atomic E-state index is 0.0649. The van der Waals surface area contributed by atoms with Crippen LogP contribution in [0.5, 0.6) is 5.75 Å². The van der Waals surface area contributed by atoms with E-state index in [1.54, 1.807) is 24.4 Å². The van der Waals surface area contributed by atoms with Crippen molar-refractivity contribution in [3.05, 3.63) is 77.4 Å². The molecule has 126 valence electrons. The van der Waals surface area contributed by atoms with Crippen LogP contribution in [0.2, 0.25) is 0 Å². The standard InChI is InChI=1S/C19H16BrN3O2/c20-14-6-8-15(9-7-14)22-16-10-11-18(21-12-16)23-19(24)13-25-17-4-2-1-3-5-17/h1-12,22H,13H2,(H,21,23,24). The van der Waals surface area contributed by atoms with Gasteiger partial charge in [0.15, 0.2) is 6.61 Å². The number of carbonyl (C=O) groups excluding carboxylic acids is 1. The highest BCUT2D eigenvalue weighted by molar-refractivity contribution is 9.10. The summed E-state index contributed by atoms with van der Waals surface area (Å²) < 4.78 is 6.42. The highest BCUT2D eigenvalue weighted by Crippen LogP contribution is 2.19. The van der Waals surface area contributed by atoms with Gasteiger partial charge in [0.05, 0.1) is 11.9 Å². The summed E-state index contributed by atoms with van der Waals surface area (Å²) in [6.45, 7) is -0.0649. The number of aromatic nitrogens is 1. The molecule has 0 aliphatic carbocycles. The molecular weight excluding hydrogens is 382 g/mol. The van der Waals surface area contributed by atoms with Gasteiger partial charge in [-0.05, 0) is 48.5 Å². The average molecular weight is 398 g/mol. The lowest BCUT2D eigenvalue weighted by atomic mass is 10.3. The molecule has 5 nitrogen and oxygen atoms in total. The molecule has 25 heavy (non-hydrogen) atoms. The Kier molecular flexibility index (Phi) is 5.64. The van der Waals surface area contributed by atoms with E-state index in [4.69, 9.17) is 4.74 Å². The summed E-state index contributed by atoms with van der Waals surface area (Å²) in [6.07, 6.45) is 1.66. The van der Waals surface area contributed by atoms with E-state index in [0.717, 1.165) is 15.8 Å². The van der Waals surface area contributed by atoms with Crippen molar-refractivity contribution in [2.75, 3.05) is 17.2 Å². The van der Waals surface area contributed by atoms with E-state index in [1.807, 2.05) is 48.5 Å². The van der Waals surface area contributed by atoms with Crippen molar-refractivity contribution >= 4 is 39.0 Å². The van der Waals surface area contributed by atoms with Gasteiger partial charge in [-0.25, -0.2) is 4.98 Å². The molecule has 0 saturated heterocycles. The Hall–Kier alpha value is -2.86. The molecule has 0 atom stereocenters. The van der Waals surface area contributed by atoms with Crippen LogP contribution in [0.1, 0.15) is 0 Å². The van der Waals surface area contributed by atoms with E-state index in [0.29, 0.717) is 11.6 Å². The highest BCUT2D eigenvalue weighted by Gasteiger charge is 2.05. The number of nitrogens with one attached hydrogen (secondary N) is 2. The maximum absolute atomic E-state index is 11.9. The molecule has 1 heterocycles. The third kappa shape index (κ3) is 5.32. The lowest BCUT2D eigenvalue weighted by molar-refractivity contribution is -0.118. The zero-order valence-corrected chi connectivity index (χ0v) is 14.9. The van der Waals surface area contributed by atoms with E-state index in [-0.39, 0.29) is 12.5 Å². The van der Waals surface area contributed by atoms with Gasteiger partial charge in [-0.1, -0.05) is 34.1 Å². The average Bonchev–Trinajstić information content (AvgIpc) is 2.64. The van der Waals surface area contributed by atoms with Crippen LogP contribution in [0.4, 0.5) is 17.2 Å². The summed E-state index contributed by atoms with van der Waals surface area (Å²) in [5, 5.41) is 5.94. The predicted molar refractivity (Wildman–Crippen MR) is 102 cm³/mol. The fraction of sp³-hybridized carbons (Fsp3) is 0.0526. The fourth-order valence-electron chi connectivity index (χ4n) is 2.09. The summed E-state index contributed by atoms with van der Waals surface area (Å²) in [4.78, 5) is 16.1. The van der Waals surface area contributed by atoms with Gasteiger partial charge in [0.1, 0.15) is 11.6 Å². The number of rotatable bonds is 6. The summed E-state index contributed by atoms with van der Waals surface area (Å²) >= 11 is 3.40. The number of carbonyl (C=O) groups is 1. The molecule has 3 aromatic rings. The Bertz CT molecular complexity index is 822. The van der Waals surface area contributed by atoms with Crippen LogP contribution in [0.15, 0.2) is 77.4 Å². The third-order valence-corrected chi connectivity index (χ3v) is 3.81. The molecule has 0 aliphatic rings. The number of hydrogen-bond acceptors (Lipinski definition) is 4. The van der Waals surface area contributed by atoms with Crippen molar-refractivity contribution in [1.82, 2.24) is 4.98 Å². The first-order valence-corrected chi connectivity index (χ1v) is 8.45. The number of para-hydroxylation sites is 1. The molecule has 0 bridgehead atoms. The SMILES string of the molecule is O=C(COc1ccccc1)Nc1ccc(Nc2ccc(Br)cc2)cn1.